The summed E-state index contributed by atoms with van der Waals surface area (Å²) >= 11 is 0. The van der Waals surface area contributed by atoms with Gasteiger partial charge in [-0.3, -0.25) is 4.79 Å². The van der Waals surface area contributed by atoms with Gasteiger partial charge in [0.05, 0.1) is 0 Å². The molecule has 3 nitrogen and oxygen atoms in total. The molecule has 0 bridgehead atoms. The quantitative estimate of drug-likeness (QED) is 0.864. The third-order valence-corrected chi connectivity index (χ3v) is 2.90. The van der Waals surface area contributed by atoms with Crippen LogP contribution < -0.4 is 11.1 Å². The lowest BCUT2D eigenvalue weighted by Crippen LogP contribution is -2.17. The van der Waals surface area contributed by atoms with E-state index in [1.807, 2.05) is 48.5 Å². The summed E-state index contributed by atoms with van der Waals surface area (Å²) in [7, 11) is 1.63. The normalized spacial score (nSPS) is 10.1. The van der Waals surface area contributed by atoms with E-state index < -0.39 is 0 Å². The highest BCUT2D eigenvalue weighted by molar-refractivity contribution is 5.94. The van der Waals surface area contributed by atoms with Crippen molar-refractivity contribution in [2.45, 2.75) is 6.54 Å². The number of nitrogens with one attached hydrogen (secondary N) is 1. The number of carbonyl (C=O) groups is 1. The summed E-state index contributed by atoms with van der Waals surface area (Å²) in [5.74, 6) is -0.0694. The van der Waals surface area contributed by atoms with Crippen LogP contribution in [0.25, 0.3) is 11.1 Å². The highest BCUT2D eigenvalue weighted by Crippen LogP contribution is 2.20. The second kappa shape index (κ2) is 5.47. The van der Waals surface area contributed by atoms with E-state index in [1.54, 1.807) is 7.05 Å². The molecule has 0 atom stereocenters. The monoisotopic (exact) mass is 240 g/mol. The molecule has 0 fully saturated rings. The van der Waals surface area contributed by atoms with E-state index >= 15 is 0 Å². The Kier molecular flexibility index (Phi) is 3.75. The predicted molar refractivity (Wildman–Crippen MR) is 73.2 cm³/mol. The summed E-state index contributed by atoms with van der Waals surface area (Å²) in [4.78, 5) is 11.4. The van der Waals surface area contributed by atoms with Crippen LogP contribution in [0.5, 0.6) is 0 Å². The number of carbonyl (C=O) groups excluding carboxylic acids is 1. The van der Waals surface area contributed by atoms with Crippen LogP contribution >= 0.6 is 0 Å². The molecule has 92 valence electrons. The number of hydrogen-bond donors (Lipinski definition) is 2. The zero-order valence-electron chi connectivity index (χ0n) is 10.3. The van der Waals surface area contributed by atoms with E-state index in [9.17, 15) is 4.79 Å². The highest BCUT2D eigenvalue weighted by Gasteiger charge is 2.03. The van der Waals surface area contributed by atoms with E-state index in [1.165, 1.54) is 0 Å². The first-order valence-electron chi connectivity index (χ1n) is 5.86. The van der Waals surface area contributed by atoms with Gasteiger partial charge in [-0.25, -0.2) is 0 Å². The molecule has 0 aliphatic carbocycles. The number of benzene rings is 2. The first kappa shape index (κ1) is 12.3. The minimum absolute atomic E-state index is 0.0694. The Hall–Kier alpha value is -2.13. The molecule has 1 amide bonds. The van der Waals surface area contributed by atoms with Crippen molar-refractivity contribution in [3.63, 3.8) is 0 Å². The molecular formula is C15H16N2O. The van der Waals surface area contributed by atoms with Crippen LogP contribution in [-0.4, -0.2) is 13.0 Å². The van der Waals surface area contributed by atoms with E-state index in [0.29, 0.717) is 12.1 Å². The van der Waals surface area contributed by atoms with Gasteiger partial charge >= 0.3 is 0 Å². The lowest BCUT2D eigenvalue weighted by Gasteiger charge is -2.05. The standard InChI is InChI=1S/C15H16N2O/c1-17-15(18)14-8-6-13(7-9-14)12-4-2-11(10-16)3-5-12/h2-9H,10,16H2,1H3,(H,17,18). The minimum Gasteiger partial charge on any atom is -0.355 e. The molecule has 0 radical (unpaired) electrons. The van der Waals surface area contributed by atoms with Crippen LogP contribution in [0.3, 0.4) is 0 Å². The maximum atomic E-state index is 11.4. The zero-order valence-corrected chi connectivity index (χ0v) is 10.3. The maximum Gasteiger partial charge on any atom is 0.251 e. The molecule has 0 aliphatic heterocycles. The summed E-state index contributed by atoms with van der Waals surface area (Å²) in [6.45, 7) is 0.551. The van der Waals surface area contributed by atoms with Gasteiger partial charge in [0.25, 0.3) is 5.91 Å². The van der Waals surface area contributed by atoms with Gasteiger partial charge in [-0.2, -0.15) is 0 Å². The third kappa shape index (κ3) is 2.57. The fourth-order valence-electron chi connectivity index (χ4n) is 1.79. The van der Waals surface area contributed by atoms with Crippen LogP contribution in [0, 0.1) is 0 Å². The van der Waals surface area contributed by atoms with Gasteiger partial charge < -0.3 is 11.1 Å². The van der Waals surface area contributed by atoms with Gasteiger partial charge in [-0.1, -0.05) is 36.4 Å². The van der Waals surface area contributed by atoms with Gasteiger partial charge in [0.15, 0.2) is 0 Å². The molecule has 18 heavy (non-hydrogen) atoms. The molecule has 0 heterocycles. The van der Waals surface area contributed by atoms with E-state index in [2.05, 4.69) is 5.32 Å². The van der Waals surface area contributed by atoms with Gasteiger partial charge in [0.2, 0.25) is 0 Å². The molecule has 3 N–H and O–H groups in total. The molecule has 2 aromatic carbocycles. The van der Waals surface area contributed by atoms with Crippen molar-refractivity contribution in [3.05, 3.63) is 59.7 Å². The first-order valence-corrected chi connectivity index (χ1v) is 5.86. The van der Waals surface area contributed by atoms with Crippen LogP contribution in [0.1, 0.15) is 15.9 Å². The minimum atomic E-state index is -0.0694. The number of hydrogen-bond acceptors (Lipinski definition) is 2. The van der Waals surface area contributed by atoms with E-state index in [4.69, 9.17) is 5.73 Å². The Morgan fingerprint density at radius 2 is 1.50 bits per heavy atom. The Morgan fingerprint density at radius 1 is 1.00 bits per heavy atom. The third-order valence-electron chi connectivity index (χ3n) is 2.90. The first-order chi connectivity index (χ1) is 8.74. The van der Waals surface area contributed by atoms with Crippen molar-refractivity contribution >= 4 is 5.91 Å². The molecule has 0 saturated carbocycles. The Morgan fingerprint density at radius 3 is 1.94 bits per heavy atom. The highest BCUT2D eigenvalue weighted by atomic mass is 16.1. The SMILES string of the molecule is CNC(=O)c1ccc(-c2ccc(CN)cc2)cc1. The van der Waals surface area contributed by atoms with Crippen LogP contribution in [-0.2, 0) is 6.54 Å². The smallest absolute Gasteiger partial charge is 0.251 e. The van der Waals surface area contributed by atoms with E-state index in [0.717, 1.165) is 16.7 Å². The lowest BCUT2D eigenvalue weighted by molar-refractivity contribution is 0.0963. The van der Waals surface area contributed by atoms with Crippen LogP contribution in [0.2, 0.25) is 0 Å². The van der Waals surface area contributed by atoms with Gasteiger partial charge in [-0.05, 0) is 28.8 Å². The molecule has 3 heteroatoms. The van der Waals surface area contributed by atoms with Crippen molar-refractivity contribution in [1.29, 1.82) is 0 Å². The average molecular weight is 240 g/mol. The van der Waals surface area contributed by atoms with Crippen LogP contribution in [0.4, 0.5) is 0 Å². The Bertz CT molecular complexity index is 529. The lowest BCUT2D eigenvalue weighted by atomic mass is 10.0. The topological polar surface area (TPSA) is 55.1 Å². The largest absolute Gasteiger partial charge is 0.355 e. The molecule has 0 aliphatic rings. The molecular weight excluding hydrogens is 224 g/mol. The molecule has 0 spiro atoms. The number of nitrogens with two attached hydrogens (primary N) is 1. The maximum absolute atomic E-state index is 11.4. The summed E-state index contributed by atoms with van der Waals surface area (Å²) in [5.41, 5.74) is 9.55. The van der Waals surface area contributed by atoms with Crippen molar-refractivity contribution < 1.29 is 4.79 Å². The molecule has 0 unspecified atom stereocenters. The average Bonchev–Trinajstić information content (AvgIpc) is 2.47. The van der Waals surface area contributed by atoms with Crippen molar-refractivity contribution in [3.8, 4) is 11.1 Å². The van der Waals surface area contributed by atoms with Gasteiger partial charge in [-0.15, -0.1) is 0 Å². The van der Waals surface area contributed by atoms with E-state index in [-0.39, 0.29) is 5.91 Å². The van der Waals surface area contributed by atoms with Crippen LogP contribution in [0.15, 0.2) is 48.5 Å². The second-order valence-corrected chi connectivity index (χ2v) is 4.06. The van der Waals surface area contributed by atoms with Crippen molar-refractivity contribution in [2.24, 2.45) is 5.73 Å². The number of amides is 1. The Balaban J connectivity index is 2.25. The zero-order chi connectivity index (χ0) is 13.0. The van der Waals surface area contributed by atoms with Crippen molar-refractivity contribution in [1.82, 2.24) is 5.32 Å². The summed E-state index contributed by atoms with van der Waals surface area (Å²) in [6.07, 6.45) is 0. The number of rotatable bonds is 3. The fourth-order valence-corrected chi connectivity index (χ4v) is 1.79. The summed E-state index contributed by atoms with van der Waals surface area (Å²) < 4.78 is 0. The van der Waals surface area contributed by atoms with Gasteiger partial charge in [0.1, 0.15) is 0 Å². The molecule has 2 rings (SSSR count). The molecule has 0 saturated heterocycles. The van der Waals surface area contributed by atoms with Crippen molar-refractivity contribution in [2.75, 3.05) is 7.05 Å². The molecule has 2 aromatic rings. The Labute approximate surface area is 107 Å². The molecule has 0 aromatic heterocycles. The predicted octanol–water partition coefficient (Wildman–Crippen LogP) is 2.17. The summed E-state index contributed by atoms with van der Waals surface area (Å²) in [6, 6.07) is 15.7. The second-order valence-electron chi connectivity index (χ2n) is 4.06. The van der Waals surface area contributed by atoms with Gasteiger partial charge in [0, 0.05) is 19.2 Å². The fraction of sp³-hybridized carbons (Fsp3) is 0.133. The summed E-state index contributed by atoms with van der Waals surface area (Å²) in [5, 5.41) is 2.60.